The minimum Gasteiger partial charge on any atom is -0.316 e. The molecule has 4 rings (SSSR count). The molecule has 3 heteroatoms. The quantitative estimate of drug-likeness (QED) is 0.886. The second-order valence-corrected chi connectivity index (χ2v) is 5.89. The number of hydrogen-bond donors (Lipinski definition) is 1. The predicted molar refractivity (Wildman–Crippen MR) is 76.9 cm³/mol. The van der Waals surface area contributed by atoms with Gasteiger partial charge >= 0.3 is 0 Å². The highest BCUT2D eigenvalue weighted by atomic mass is 15.2. The number of aromatic nitrogens is 1. The van der Waals surface area contributed by atoms with Gasteiger partial charge < -0.3 is 5.32 Å². The van der Waals surface area contributed by atoms with Crippen molar-refractivity contribution in [1.29, 1.82) is 0 Å². The summed E-state index contributed by atoms with van der Waals surface area (Å²) in [4.78, 5) is 6.98. The third-order valence-electron chi connectivity index (χ3n) is 4.61. The summed E-state index contributed by atoms with van der Waals surface area (Å²) in [6, 6.07) is 8.56. The molecule has 2 atom stereocenters. The molecule has 2 fully saturated rings. The van der Waals surface area contributed by atoms with Gasteiger partial charge in [0.25, 0.3) is 0 Å². The van der Waals surface area contributed by atoms with E-state index >= 15 is 0 Å². The van der Waals surface area contributed by atoms with E-state index in [0.717, 1.165) is 18.4 Å². The summed E-state index contributed by atoms with van der Waals surface area (Å²) in [5.74, 6) is 1.73. The van der Waals surface area contributed by atoms with E-state index in [1.165, 1.54) is 42.5 Å². The first-order chi connectivity index (χ1) is 9.40. The third-order valence-corrected chi connectivity index (χ3v) is 4.61. The van der Waals surface area contributed by atoms with Crippen LogP contribution in [0.15, 0.2) is 36.7 Å². The molecule has 2 aliphatic heterocycles. The molecule has 3 heterocycles. The molecule has 0 bridgehead atoms. The number of rotatable bonds is 2. The van der Waals surface area contributed by atoms with E-state index in [2.05, 4.69) is 39.5 Å². The molecule has 19 heavy (non-hydrogen) atoms. The van der Waals surface area contributed by atoms with E-state index in [-0.39, 0.29) is 0 Å². The molecule has 98 valence electrons. The van der Waals surface area contributed by atoms with Crippen LogP contribution >= 0.6 is 0 Å². The Bertz CT molecular complexity index is 578. The summed E-state index contributed by atoms with van der Waals surface area (Å²) in [5, 5.41) is 6.10. The Hall–Kier alpha value is -1.45. The fraction of sp³-hybridized carbons (Fsp3) is 0.438. The van der Waals surface area contributed by atoms with Gasteiger partial charge in [-0.05, 0) is 35.9 Å². The van der Waals surface area contributed by atoms with E-state index in [1.807, 2.05) is 12.4 Å². The Kier molecular flexibility index (Phi) is 2.75. The number of pyridine rings is 1. The zero-order valence-electron chi connectivity index (χ0n) is 11.0. The third kappa shape index (κ3) is 2.03. The highest BCUT2D eigenvalue weighted by molar-refractivity contribution is 5.84. The highest BCUT2D eigenvalue weighted by Crippen LogP contribution is 2.28. The molecule has 2 unspecified atom stereocenters. The number of nitrogens with one attached hydrogen (secondary N) is 1. The predicted octanol–water partition coefficient (Wildman–Crippen LogP) is 1.89. The minimum absolute atomic E-state index is 0.864. The standard InChI is InChI=1S/C16H19N3/c1-2-4-16-12(3-1)5-17-8-15(16)11-19-9-13-6-18-7-14(13)10-19/h1-5,8,13-14,18H,6-7,9-11H2. The summed E-state index contributed by atoms with van der Waals surface area (Å²) in [5.41, 5.74) is 1.37. The van der Waals surface area contributed by atoms with E-state index in [1.54, 1.807) is 0 Å². The summed E-state index contributed by atoms with van der Waals surface area (Å²) in [7, 11) is 0. The average Bonchev–Trinajstić information content (AvgIpc) is 3.00. The van der Waals surface area contributed by atoms with Gasteiger partial charge in [-0.3, -0.25) is 9.88 Å². The van der Waals surface area contributed by atoms with Crippen molar-refractivity contribution in [2.75, 3.05) is 26.2 Å². The van der Waals surface area contributed by atoms with Gasteiger partial charge in [-0.2, -0.15) is 0 Å². The van der Waals surface area contributed by atoms with Gasteiger partial charge in [0.1, 0.15) is 0 Å². The van der Waals surface area contributed by atoms with Crippen LogP contribution in [0.3, 0.4) is 0 Å². The van der Waals surface area contributed by atoms with Gasteiger partial charge in [-0.25, -0.2) is 0 Å². The molecule has 1 aromatic carbocycles. The largest absolute Gasteiger partial charge is 0.316 e. The van der Waals surface area contributed by atoms with Crippen molar-refractivity contribution in [3.63, 3.8) is 0 Å². The SMILES string of the molecule is c1ccc2c(CN3CC4CNCC4C3)cncc2c1. The monoisotopic (exact) mass is 253 g/mol. The molecule has 0 spiro atoms. The molecule has 2 aliphatic rings. The van der Waals surface area contributed by atoms with E-state index in [4.69, 9.17) is 0 Å². The van der Waals surface area contributed by atoms with Gasteiger partial charge in [-0.15, -0.1) is 0 Å². The Morgan fingerprint density at radius 1 is 1.11 bits per heavy atom. The lowest BCUT2D eigenvalue weighted by atomic mass is 10.0. The smallest absolute Gasteiger partial charge is 0.0346 e. The van der Waals surface area contributed by atoms with Gasteiger partial charge in [0.15, 0.2) is 0 Å². The lowest BCUT2D eigenvalue weighted by Crippen LogP contribution is -2.25. The molecule has 2 saturated heterocycles. The van der Waals surface area contributed by atoms with Crippen molar-refractivity contribution >= 4 is 10.8 Å². The van der Waals surface area contributed by atoms with Crippen LogP contribution in [0.2, 0.25) is 0 Å². The molecule has 3 nitrogen and oxygen atoms in total. The number of fused-ring (bicyclic) bond motifs is 2. The summed E-state index contributed by atoms with van der Waals surface area (Å²) in [6.07, 6.45) is 4.00. The van der Waals surface area contributed by atoms with Gasteiger partial charge in [0, 0.05) is 37.4 Å². The van der Waals surface area contributed by atoms with Crippen molar-refractivity contribution in [3.05, 3.63) is 42.2 Å². The second kappa shape index (κ2) is 4.58. The maximum Gasteiger partial charge on any atom is 0.0346 e. The highest BCUT2D eigenvalue weighted by Gasteiger charge is 2.35. The van der Waals surface area contributed by atoms with Gasteiger partial charge in [0.2, 0.25) is 0 Å². The number of likely N-dealkylation sites (tertiary alicyclic amines) is 1. The first kappa shape index (κ1) is 11.4. The molecule has 0 aliphatic carbocycles. The fourth-order valence-electron chi connectivity index (χ4n) is 3.63. The molecule has 0 amide bonds. The van der Waals surface area contributed by atoms with Crippen LogP contribution < -0.4 is 5.32 Å². The lowest BCUT2D eigenvalue weighted by Gasteiger charge is -2.17. The van der Waals surface area contributed by atoms with Crippen LogP contribution in [-0.2, 0) is 6.54 Å². The molecule has 0 saturated carbocycles. The van der Waals surface area contributed by atoms with Crippen LogP contribution in [0.5, 0.6) is 0 Å². The maximum atomic E-state index is 4.39. The summed E-state index contributed by atoms with van der Waals surface area (Å²) in [6.45, 7) is 5.92. The van der Waals surface area contributed by atoms with Crippen LogP contribution in [-0.4, -0.2) is 36.1 Å². The van der Waals surface area contributed by atoms with E-state index < -0.39 is 0 Å². The number of hydrogen-bond acceptors (Lipinski definition) is 3. The Morgan fingerprint density at radius 2 is 1.89 bits per heavy atom. The van der Waals surface area contributed by atoms with E-state index in [9.17, 15) is 0 Å². The first-order valence-corrected chi connectivity index (χ1v) is 7.15. The van der Waals surface area contributed by atoms with Crippen molar-refractivity contribution < 1.29 is 0 Å². The van der Waals surface area contributed by atoms with Crippen LogP contribution in [0.4, 0.5) is 0 Å². The molecule has 0 radical (unpaired) electrons. The molecular weight excluding hydrogens is 234 g/mol. The lowest BCUT2D eigenvalue weighted by molar-refractivity contribution is 0.306. The normalized spacial score (nSPS) is 26.9. The van der Waals surface area contributed by atoms with Crippen molar-refractivity contribution in [2.45, 2.75) is 6.54 Å². The van der Waals surface area contributed by atoms with Crippen LogP contribution in [0.25, 0.3) is 10.8 Å². The van der Waals surface area contributed by atoms with E-state index in [0.29, 0.717) is 0 Å². The molecular formula is C16H19N3. The van der Waals surface area contributed by atoms with Gasteiger partial charge in [-0.1, -0.05) is 24.3 Å². The average molecular weight is 253 g/mol. The second-order valence-electron chi connectivity index (χ2n) is 5.89. The Balaban J connectivity index is 1.59. The van der Waals surface area contributed by atoms with Crippen LogP contribution in [0, 0.1) is 11.8 Å². The molecule has 1 N–H and O–H groups in total. The summed E-state index contributed by atoms with van der Waals surface area (Å²) >= 11 is 0. The van der Waals surface area contributed by atoms with Gasteiger partial charge in [0.05, 0.1) is 0 Å². The Labute approximate surface area is 113 Å². The summed E-state index contributed by atoms with van der Waals surface area (Å²) < 4.78 is 0. The Morgan fingerprint density at radius 3 is 2.74 bits per heavy atom. The molecule has 1 aromatic heterocycles. The number of nitrogens with zero attached hydrogens (tertiary/aromatic N) is 2. The number of benzene rings is 1. The van der Waals surface area contributed by atoms with Crippen LogP contribution in [0.1, 0.15) is 5.56 Å². The minimum atomic E-state index is 0.864. The zero-order valence-corrected chi connectivity index (χ0v) is 11.0. The van der Waals surface area contributed by atoms with Crippen molar-refractivity contribution in [1.82, 2.24) is 15.2 Å². The fourth-order valence-corrected chi connectivity index (χ4v) is 3.63. The topological polar surface area (TPSA) is 28.2 Å². The first-order valence-electron chi connectivity index (χ1n) is 7.15. The van der Waals surface area contributed by atoms with Crippen molar-refractivity contribution in [2.24, 2.45) is 11.8 Å². The zero-order chi connectivity index (χ0) is 12.7. The van der Waals surface area contributed by atoms with Crippen molar-refractivity contribution in [3.8, 4) is 0 Å². The molecule has 2 aromatic rings. The maximum absolute atomic E-state index is 4.39.